The number of alkyl halides is 3. The van der Waals surface area contributed by atoms with E-state index in [-0.39, 0.29) is 11.4 Å². The number of halogens is 4. The Bertz CT molecular complexity index is 1400. The van der Waals surface area contributed by atoms with E-state index in [0.29, 0.717) is 51.6 Å². The van der Waals surface area contributed by atoms with Gasteiger partial charge in [0.1, 0.15) is 18.5 Å². The van der Waals surface area contributed by atoms with Gasteiger partial charge in [-0.1, -0.05) is 34.1 Å². The van der Waals surface area contributed by atoms with Gasteiger partial charge in [-0.3, -0.25) is 20.2 Å². The van der Waals surface area contributed by atoms with E-state index < -0.39 is 28.4 Å². The zero-order valence-corrected chi connectivity index (χ0v) is 27.7. The van der Waals surface area contributed by atoms with Crippen molar-refractivity contribution in [3.8, 4) is 0 Å². The summed E-state index contributed by atoms with van der Waals surface area (Å²) in [6, 6.07) is 20.5. The third kappa shape index (κ3) is 13.8. The van der Waals surface area contributed by atoms with Crippen molar-refractivity contribution in [3.05, 3.63) is 97.5 Å². The Hall–Kier alpha value is -3.91. The molecule has 3 aromatic rings. The van der Waals surface area contributed by atoms with Gasteiger partial charge in [-0.15, -0.1) is 0 Å². The number of nitrogens with two attached hydrogens (primary N) is 1. The van der Waals surface area contributed by atoms with E-state index in [2.05, 4.69) is 26.1 Å². The van der Waals surface area contributed by atoms with Crippen LogP contribution in [-0.4, -0.2) is 67.6 Å². The molecule has 0 amide bonds. The van der Waals surface area contributed by atoms with Gasteiger partial charge in [0.05, 0.1) is 9.85 Å². The maximum absolute atomic E-state index is 12.9. The number of nitrogen functional groups attached to an aromatic ring is 1. The molecule has 14 heteroatoms. The summed E-state index contributed by atoms with van der Waals surface area (Å²) < 4.78 is 38.7. The van der Waals surface area contributed by atoms with Gasteiger partial charge in [0, 0.05) is 72.0 Å². The Balaban J connectivity index is 0.000000177. The predicted molar refractivity (Wildman–Crippen MR) is 184 cm³/mol. The molecule has 0 saturated carbocycles. The van der Waals surface area contributed by atoms with Gasteiger partial charge >= 0.3 is 0 Å². The third-order valence-corrected chi connectivity index (χ3v) is 8.27. The highest BCUT2D eigenvalue weighted by Crippen LogP contribution is 2.25. The lowest BCUT2D eigenvalue weighted by Crippen LogP contribution is -2.34. The molecule has 47 heavy (non-hydrogen) atoms. The molecule has 0 atom stereocenters. The fourth-order valence-corrected chi connectivity index (χ4v) is 5.50. The molecule has 3 aliphatic rings. The van der Waals surface area contributed by atoms with Crippen molar-refractivity contribution < 1.29 is 23.0 Å². The lowest BCUT2D eigenvalue weighted by molar-refractivity contribution is -0.385. The van der Waals surface area contributed by atoms with Crippen LogP contribution in [0.3, 0.4) is 0 Å². The second-order valence-corrected chi connectivity index (χ2v) is 12.3. The van der Waals surface area contributed by atoms with E-state index in [0.717, 1.165) is 47.7 Å². The van der Waals surface area contributed by atoms with Crippen LogP contribution in [0.25, 0.3) is 0 Å². The number of hydrogen-bond acceptors (Lipinski definition) is 8. The molecule has 6 rings (SSSR count). The Morgan fingerprint density at radius 1 is 0.660 bits per heavy atom. The van der Waals surface area contributed by atoms with E-state index >= 15 is 0 Å². The lowest BCUT2D eigenvalue weighted by Gasteiger charge is -2.30. The maximum Gasteiger partial charge on any atom is 0.271 e. The van der Waals surface area contributed by atoms with Crippen LogP contribution in [0, 0.1) is 20.2 Å². The molecule has 0 aromatic heterocycles. The minimum atomic E-state index is -0.727. The molecule has 0 radical (unpaired) electrons. The van der Waals surface area contributed by atoms with Gasteiger partial charge in [0.2, 0.25) is 0 Å². The van der Waals surface area contributed by atoms with Crippen LogP contribution in [0.15, 0.2) is 77.3 Å². The minimum Gasteiger partial charge on any atom is -0.399 e. The van der Waals surface area contributed by atoms with E-state index in [9.17, 15) is 33.4 Å². The molecule has 3 saturated heterocycles. The van der Waals surface area contributed by atoms with Gasteiger partial charge in [-0.2, -0.15) is 0 Å². The van der Waals surface area contributed by atoms with Gasteiger partial charge < -0.3 is 20.9 Å². The second-order valence-electron chi connectivity index (χ2n) is 11.4. The molecule has 3 aliphatic heterocycles. The van der Waals surface area contributed by atoms with Crippen LogP contribution in [0.1, 0.15) is 38.5 Å². The Morgan fingerprint density at radius 2 is 1.09 bits per heavy atom. The molecule has 3 fully saturated rings. The predicted octanol–water partition coefficient (Wildman–Crippen LogP) is 7.81. The van der Waals surface area contributed by atoms with Crippen LogP contribution in [0.5, 0.6) is 0 Å². The van der Waals surface area contributed by atoms with E-state index in [1.54, 1.807) is 24.3 Å². The average molecular weight is 724 g/mol. The van der Waals surface area contributed by atoms with Crippen LogP contribution < -0.4 is 20.9 Å². The molecular formula is C33H42BrF3N6O4. The normalized spacial score (nSPS) is 17.2. The van der Waals surface area contributed by atoms with Gasteiger partial charge in [0.25, 0.3) is 11.4 Å². The van der Waals surface area contributed by atoms with Gasteiger partial charge in [-0.05, 0) is 81.9 Å². The molecule has 256 valence electrons. The van der Waals surface area contributed by atoms with E-state index in [4.69, 9.17) is 5.73 Å². The number of rotatable bonds is 4. The molecule has 0 aliphatic carbocycles. The Kier molecular flexibility index (Phi) is 15.7. The summed E-state index contributed by atoms with van der Waals surface area (Å²) in [5.41, 5.74) is 8.56. The largest absolute Gasteiger partial charge is 0.399 e. The fraction of sp³-hybridized carbons (Fsp3) is 0.455. The van der Waals surface area contributed by atoms with Crippen LogP contribution in [0.2, 0.25) is 0 Å². The fourth-order valence-electron chi connectivity index (χ4n) is 5.11. The van der Waals surface area contributed by atoms with Crippen molar-refractivity contribution in [2.75, 3.05) is 54.8 Å². The zero-order valence-electron chi connectivity index (χ0n) is 26.2. The number of nitrogens with zero attached hydrogens (tertiary/aromatic N) is 4. The van der Waals surface area contributed by atoms with Crippen LogP contribution >= 0.6 is 15.9 Å². The first kappa shape index (κ1) is 37.5. The molecule has 3 N–H and O–H groups in total. The van der Waals surface area contributed by atoms with Crippen molar-refractivity contribution in [2.45, 2.75) is 57.0 Å². The van der Waals surface area contributed by atoms with Crippen molar-refractivity contribution in [3.63, 3.8) is 0 Å². The first-order chi connectivity index (χ1) is 22.5. The Labute approximate surface area is 281 Å². The SMILES string of the molecule is FC1CCNCC1.Nc1cccc(N2CCC(F)CC2)c1.O=[N+]([O-])c1cccc(Br)c1.O=[N+]([O-])c1cccc(N2CCC(F)CC2)c1. The van der Waals surface area contributed by atoms with Crippen molar-refractivity contribution >= 4 is 44.4 Å². The quantitative estimate of drug-likeness (QED) is 0.158. The van der Waals surface area contributed by atoms with Crippen molar-refractivity contribution in [1.82, 2.24) is 5.32 Å². The number of nitrogens with one attached hydrogen (secondary N) is 1. The molecule has 3 heterocycles. The summed E-state index contributed by atoms with van der Waals surface area (Å²) in [5, 5.41) is 23.8. The zero-order chi connectivity index (χ0) is 34.2. The highest BCUT2D eigenvalue weighted by Gasteiger charge is 2.20. The lowest BCUT2D eigenvalue weighted by atomic mass is 10.1. The van der Waals surface area contributed by atoms with Crippen LogP contribution in [-0.2, 0) is 0 Å². The summed E-state index contributed by atoms with van der Waals surface area (Å²) in [6.07, 6.45) is 1.82. The summed E-state index contributed by atoms with van der Waals surface area (Å²) in [6.45, 7) is 4.57. The first-order valence-electron chi connectivity index (χ1n) is 15.6. The first-order valence-corrected chi connectivity index (χ1v) is 16.4. The van der Waals surface area contributed by atoms with Gasteiger partial charge in [0.15, 0.2) is 0 Å². The van der Waals surface area contributed by atoms with Crippen LogP contribution in [0.4, 0.5) is 41.6 Å². The summed E-state index contributed by atoms with van der Waals surface area (Å²) in [5.74, 6) is 0. The van der Waals surface area contributed by atoms with Gasteiger partial charge in [-0.25, -0.2) is 13.2 Å². The summed E-state index contributed by atoms with van der Waals surface area (Å²) in [4.78, 5) is 24.1. The highest BCUT2D eigenvalue weighted by atomic mass is 79.9. The number of piperidine rings is 3. The smallest absolute Gasteiger partial charge is 0.271 e. The third-order valence-electron chi connectivity index (χ3n) is 7.78. The number of non-ortho nitro benzene ring substituents is 2. The molecule has 3 aromatic carbocycles. The number of benzene rings is 3. The van der Waals surface area contributed by atoms with E-state index in [1.165, 1.54) is 18.2 Å². The summed E-state index contributed by atoms with van der Waals surface area (Å²) in [7, 11) is 0. The number of nitro groups is 2. The Morgan fingerprint density at radius 3 is 1.49 bits per heavy atom. The number of nitro benzene ring substituents is 2. The van der Waals surface area contributed by atoms with E-state index in [1.807, 2.05) is 35.2 Å². The number of anilines is 3. The monoisotopic (exact) mass is 722 g/mol. The topological polar surface area (TPSA) is 131 Å². The average Bonchev–Trinajstić information content (AvgIpc) is 3.07. The highest BCUT2D eigenvalue weighted by molar-refractivity contribution is 9.10. The minimum absolute atomic E-state index is 0.0832. The molecule has 0 unspecified atom stereocenters. The van der Waals surface area contributed by atoms with Crippen molar-refractivity contribution in [2.24, 2.45) is 0 Å². The second kappa shape index (κ2) is 19.7. The standard InChI is InChI=1S/C11H13FN2O2.C11H15FN2.C6H4BrNO2.C5H10FN/c12-9-4-6-13(7-5-9)10-2-1-3-11(8-10)14(15)16;12-9-4-6-14(7-5-9)11-3-1-2-10(13)8-11;7-5-2-1-3-6(4-5)8(9)10;6-5-1-3-7-4-2-5/h1-3,8-9H,4-7H2;1-3,8-9H,4-7,13H2;1-4H;5,7H,1-4H2. The van der Waals surface area contributed by atoms with Crippen molar-refractivity contribution in [1.29, 1.82) is 0 Å². The molecule has 0 spiro atoms. The molecule has 10 nitrogen and oxygen atoms in total. The number of hydrogen-bond donors (Lipinski definition) is 2. The molecule has 0 bridgehead atoms. The molecular weight excluding hydrogens is 681 g/mol. The maximum atomic E-state index is 12.9. The summed E-state index contributed by atoms with van der Waals surface area (Å²) >= 11 is 3.13.